The second kappa shape index (κ2) is 9.97. The SMILES string of the molecule is CCCNCc1cc(CN(CC)CCOCC)c(C)o1. The number of hydrogen-bond acceptors (Lipinski definition) is 4. The van der Waals surface area contributed by atoms with Gasteiger partial charge < -0.3 is 14.5 Å². The first-order valence-corrected chi connectivity index (χ1v) is 7.80. The minimum atomic E-state index is 0.787. The van der Waals surface area contributed by atoms with Crippen LogP contribution in [-0.4, -0.2) is 37.7 Å². The molecule has 4 heteroatoms. The van der Waals surface area contributed by atoms with Gasteiger partial charge in [0, 0.05) is 25.3 Å². The molecule has 0 radical (unpaired) electrons. The van der Waals surface area contributed by atoms with Gasteiger partial charge >= 0.3 is 0 Å². The van der Waals surface area contributed by atoms with Crippen LogP contribution in [0, 0.1) is 6.92 Å². The number of nitrogens with zero attached hydrogens (tertiary/aromatic N) is 1. The van der Waals surface area contributed by atoms with Crippen molar-refractivity contribution in [3.8, 4) is 0 Å². The van der Waals surface area contributed by atoms with Crippen molar-refractivity contribution < 1.29 is 9.15 Å². The van der Waals surface area contributed by atoms with Gasteiger partial charge in [0.15, 0.2) is 0 Å². The minimum Gasteiger partial charge on any atom is -0.465 e. The Hall–Kier alpha value is -0.840. The Bertz CT molecular complexity index is 363. The first-order chi connectivity index (χ1) is 9.71. The van der Waals surface area contributed by atoms with Crippen LogP contribution in [-0.2, 0) is 17.8 Å². The molecule has 20 heavy (non-hydrogen) atoms. The molecule has 116 valence electrons. The van der Waals surface area contributed by atoms with Gasteiger partial charge in [0.25, 0.3) is 0 Å². The van der Waals surface area contributed by atoms with E-state index in [2.05, 4.69) is 37.1 Å². The molecule has 0 aliphatic heterocycles. The van der Waals surface area contributed by atoms with Crippen LogP contribution in [0.2, 0.25) is 0 Å². The molecule has 1 rings (SSSR count). The van der Waals surface area contributed by atoms with E-state index in [-0.39, 0.29) is 0 Å². The van der Waals surface area contributed by atoms with Crippen LogP contribution >= 0.6 is 0 Å². The predicted octanol–water partition coefficient (Wildman–Crippen LogP) is 2.95. The number of hydrogen-bond donors (Lipinski definition) is 1. The molecular weight excluding hydrogens is 252 g/mol. The number of furan rings is 1. The molecule has 1 aromatic rings. The van der Waals surface area contributed by atoms with Gasteiger partial charge in [-0.15, -0.1) is 0 Å². The van der Waals surface area contributed by atoms with E-state index in [1.807, 2.05) is 6.92 Å². The van der Waals surface area contributed by atoms with Crippen LogP contribution in [0.25, 0.3) is 0 Å². The lowest BCUT2D eigenvalue weighted by Gasteiger charge is -2.19. The van der Waals surface area contributed by atoms with Gasteiger partial charge in [-0.3, -0.25) is 4.90 Å². The van der Waals surface area contributed by atoms with Crippen molar-refractivity contribution >= 4 is 0 Å². The van der Waals surface area contributed by atoms with Crippen molar-refractivity contribution in [1.29, 1.82) is 0 Å². The molecule has 0 aliphatic rings. The van der Waals surface area contributed by atoms with Gasteiger partial charge in [-0.1, -0.05) is 13.8 Å². The average Bonchev–Trinajstić information content (AvgIpc) is 2.78. The van der Waals surface area contributed by atoms with Crippen LogP contribution in [0.3, 0.4) is 0 Å². The highest BCUT2D eigenvalue weighted by Crippen LogP contribution is 2.16. The number of rotatable bonds is 11. The van der Waals surface area contributed by atoms with E-state index in [0.29, 0.717) is 0 Å². The third-order valence-corrected chi connectivity index (χ3v) is 3.39. The summed E-state index contributed by atoms with van der Waals surface area (Å²) in [6, 6.07) is 2.18. The lowest BCUT2D eigenvalue weighted by molar-refractivity contribution is 0.112. The van der Waals surface area contributed by atoms with Crippen molar-refractivity contribution in [1.82, 2.24) is 10.2 Å². The second-order valence-electron chi connectivity index (χ2n) is 5.04. The normalized spacial score (nSPS) is 11.4. The van der Waals surface area contributed by atoms with Gasteiger partial charge in [-0.25, -0.2) is 0 Å². The summed E-state index contributed by atoms with van der Waals surface area (Å²) in [5, 5.41) is 3.37. The summed E-state index contributed by atoms with van der Waals surface area (Å²) < 4.78 is 11.2. The summed E-state index contributed by atoms with van der Waals surface area (Å²) >= 11 is 0. The molecule has 0 atom stereocenters. The maximum Gasteiger partial charge on any atom is 0.118 e. The fraction of sp³-hybridized carbons (Fsp3) is 0.750. The summed E-state index contributed by atoms with van der Waals surface area (Å²) in [5.41, 5.74) is 1.29. The lowest BCUT2D eigenvalue weighted by atomic mass is 10.2. The Morgan fingerprint density at radius 2 is 2.10 bits per heavy atom. The third kappa shape index (κ3) is 6.07. The van der Waals surface area contributed by atoms with Gasteiger partial charge in [-0.2, -0.15) is 0 Å². The van der Waals surface area contributed by atoms with Crippen molar-refractivity contribution in [2.24, 2.45) is 0 Å². The third-order valence-electron chi connectivity index (χ3n) is 3.39. The molecule has 0 saturated heterocycles. The molecule has 0 fully saturated rings. The molecule has 0 aromatic carbocycles. The highest BCUT2D eigenvalue weighted by molar-refractivity contribution is 5.20. The van der Waals surface area contributed by atoms with E-state index in [1.165, 1.54) is 5.56 Å². The maximum absolute atomic E-state index is 5.81. The molecule has 0 unspecified atom stereocenters. The molecular formula is C16H30N2O2. The zero-order valence-electron chi connectivity index (χ0n) is 13.5. The molecule has 1 N–H and O–H groups in total. The van der Waals surface area contributed by atoms with Gasteiger partial charge in [0.1, 0.15) is 11.5 Å². The predicted molar refractivity (Wildman–Crippen MR) is 82.9 cm³/mol. The summed E-state index contributed by atoms with van der Waals surface area (Å²) in [5.74, 6) is 2.07. The van der Waals surface area contributed by atoms with Crippen LogP contribution in [0.5, 0.6) is 0 Å². The zero-order valence-corrected chi connectivity index (χ0v) is 13.5. The standard InChI is InChI=1S/C16H30N2O2/c1-5-8-17-12-16-11-15(14(4)20-16)13-18(6-2)9-10-19-7-3/h11,17H,5-10,12-13H2,1-4H3. The Labute approximate surface area is 123 Å². The van der Waals surface area contributed by atoms with Crippen LogP contribution in [0.4, 0.5) is 0 Å². The summed E-state index contributed by atoms with van der Waals surface area (Å²) in [7, 11) is 0. The Morgan fingerprint density at radius 3 is 2.75 bits per heavy atom. The Balaban J connectivity index is 2.48. The summed E-state index contributed by atoms with van der Waals surface area (Å²) in [6.07, 6.45) is 1.15. The molecule has 0 amide bonds. The van der Waals surface area contributed by atoms with Gasteiger partial charge in [-0.05, 0) is 39.4 Å². The summed E-state index contributed by atoms with van der Waals surface area (Å²) in [4.78, 5) is 2.39. The number of likely N-dealkylation sites (N-methyl/N-ethyl adjacent to an activating group) is 1. The number of nitrogens with one attached hydrogen (secondary N) is 1. The molecule has 4 nitrogen and oxygen atoms in total. The highest BCUT2D eigenvalue weighted by atomic mass is 16.5. The molecule has 0 aliphatic carbocycles. The number of aryl methyl sites for hydroxylation is 1. The van der Waals surface area contributed by atoms with E-state index >= 15 is 0 Å². The Morgan fingerprint density at radius 1 is 1.30 bits per heavy atom. The molecule has 0 spiro atoms. The smallest absolute Gasteiger partial charge is 0.118 e. The van der Waals surface area contributed by atoms with Gasteiger partial charge in [0.2, 0.25) is 0 Å². The maximum atomic E-state index is 5.81. The van der Waals surface area contributed by atoms with Crippen LogP contribution in [0.1, 0.15) is 44.3 Å². The number of ether oxygens (including phenoxy) is 1. The fourth-order valence-electron chi connectivity index (χ4n) is 2.15. The van der Waals surface area contributed by atoms with E-state index < -0.39 is 0 Å². The van der Waals surface area contributed by atoms with E-state index in [1.54, 1.807) is 0 Å². The minimum absolute atomic E-state index is 0.787. The molecule has 1 aromatic heterocycles. The largest absolute Gasteiger partial charge is 0.465 e. The fourth-order valence-corrected chi connectivity index (χ4v) is 2.15. The van der Waals surface area contributed by atoms with E-state index in [4.69, 9.17) is 9.15 Å². The second-order valence-corrected chi connectivity index (χ2v) is 5.04. The van der Waals surface area contributed by atoms with Crippen LogP contribution in [0.15, 0.2) is 10.5 Å². The quantitative estimate of drug-likeness (QED) is 0.633. The van der Waals surface area contributed by atoms with Crippen molar-refractivity contribution in [2.75, 3.05) is 32.8 Å². The molecule has 1 heterocycles. The van der Waals surface area contributed by atoms with Crippen molar-refractivity contribution in [3.63, 3.8) is 0 Å². The monoisotopic (exact) mass is 282 g/mol. The van der Waals surface area contributed by atoms with Crippen molar-refractivity contribution in [2.45, 2.75) is 47.2 Å². The van der Waals surface area contributed by atoms with Crippen molar-refractivity contribution in [3.05, 3.63) is 23.2 Å². The first-order valence-electron chi connectivity index (χ1n) is 7.80. The average molecular weight is 282 g/mol. The zero-order chi connectivity index (χ0) is 14.8. The highest BCUT2D eigenvalue weighted by Gasteiger charge is 2.11. The van der Waals surface area contributed by atoms with E-state index in [9.17, 15) is 0 Å². The first kappa shape index (κ1) is 17.2. The van der Waals surface area contributed by atoms with Gasteiger partial charge in [0.05, 0.1) is 13.2 Å². The Kier molecular flexibility index (Phi) is 8.58. The van der Waals surface area contributed by atoms with Crippen LogP contribution < -0.4 is 5.32 Å². The molecule has 0 bridgehead atoms. The molecule has 0 saturated carbocycles. The van der Waals surface area contributed by atoms with E-state index in [0.717, 1.165) is 63.9 Å². The lowest BCUT2D eigenvalue weighted by Crippen LogP contribution is -2.27. The topological polar surface area (TPSA) is 37.6 Å². The summed E-state index contributed by atoms with van der Waals surface area (Å²) in [6.45, 7) is 14.8.